The zero-order valence-electron chi connectivity index (χ0n) is 11.3. The first-order valence-corrected chi connectivity index (χ1v) is 9.17. The first-order chi connectivity index (χ1) is 9.41. The molecule has 112 valence electrons. The van der Waals surface area contributed by atoms with Crippen LogP contribution in [0.15, 0.2) is 33.6 Å². The maximum Gasteiger partial charge on any atom is 0.240 e. The third-order valence-electron chi connectivity index (χ3n) is 3.73. The summed E-state index contributed by atoms with van der Waals surface area (Å²) < 4.78 is 27.7. The van der Waals surface area contributed by atoms with Gasteiger partial charge in [-0.05, 0) is 31.0 Å². The normalized spacial score (nSPS) is 19.5. The van der Waals surface area contributed by atoms with Crippen LogP contribution in [-0.4, -0.2) is 25.7 Å². The van der Waals surface area contributed by atoms with Crippen molar-refractivity contribution in [3.63, 3.8) is 0 Å². The van der Waals surface area contributed by atoms with Gasteiger partial charge in [0.1, 0.15) is 0 Å². The molecule has 1 aromatic rings. The summed E-state index contributed by atoms with van der Waals surface area (Å²) in [5, 5.41) is 10.5. The highest BCUT2D eigenvalue weighted by atomic mass is 79.9. The SMILES string of the molecule is O=S(=O)(NCC1(O)CCCCCC1)c1cccc(Br)c1. The standard InChI is InChI=1S/C14H20BrNO3S/c15-12-6-5-7-13(10-12)20(18,19)16-11-14(17)8-3-1-2-4-9-14/h5-7,10,16-17H,1-4,8-9,11H2. The molecule has 1 aliphatic rings. The van der Waals surface area contributed by atoms with Gasteiger partial charge in [0.2, 0.25) is 10.0 Å². The van der Waals surface area contributed by atoms with Crippen molar-refractivity contribution in [1.29, 1.82) is 0 Å². The number of nitrogens with one attached hydrogen (secondary N) is 1. The molecule has 2 rings (SSSR count). The van der Waals surface area contributed by atoms with E-state index in [1.807, 2.05) is 0 Å². The molecule has 20 heavy (non-hydrogen) atoms. The summed E-state index contributed by atoms with van der Waals surface area (Å²) in [5.74, 6) is 0. The van der Waals surface area contributed by atoms with Crippen molar-refractivity contribution in [2.24, 2.45) is 0 Å². The molecule has 1 aromatic carbocycles. The lowest BCUT2D eigenvalue weighted by Gasteiger charge is -2.26. The molecule has 0 spiro atoms. The third kappa shape index (κ3) is 4.28. The van der Waals surface area contributed by atoms with Crippen LogP contribution < -0.4 is 4.72 Å². The summed E-state index contributed by atoms with van der Waals surface area (Å²) in [6.45, 7) is 0.0852. The third-order valence-corrected chi connectivity index (χ3v) is 5.62. The van der Waals surface area contributed by atoms with Crippen LogP contribution in [0.4, 0.5) is 0 Å². The molecule has 6 heteroatoms. The Balaban J connectivity index is 2.05. The smallest absolute Gasteiger partial charge is 0.240 e. The van der Waals surface area contributed by atoms with Gasteiger partial charge in [-0.1, -0.05) is 47.7 Å². The minimum Gasteiger partial charge on any atom is -0.389 e. The van der Waals surface area contributed by atoms with Crippen molar-refractivity contribution in [3.05, 3.63) is 28.7 Å². The highest BCUT2D eigenvalue weighted by Gasteiger charge is 2.29. The molecule has 0 unspecified atom stereocenters. The summed E-state index contributed by atoms with van der Waals surface area (Å²) in [4.78, 5) is 0.212. The van der Waals surface area contributed by atoms with Gasteiger partial charge in [0.15, 0.2) is 0 Å². The van der Waals surface area contributed by atoms with Gasteiger partial charge >= 0.3 is 0 Å². The molecule has 2 N–H and O–H groups in total. The highest BCUT2D eigenvalue weighted by Crippen LogP contribution is 2.27. The Hall–Kier alpha value is -0.430. The van der Waals surface area contributed by atoms with Crippen molar-refractivity contribution in [2.75, 3.05) is 6.54 Å². The molecule has 0 saturated heterocycles. The summed E-state index contributed by atoms with van der Waals surface area (Å²) in [7, 11) is -3.57. The zero-order valence-corrected chi connectivity index (χ0v) is 13.7. The van der Waals surface area contributed by atoms with E-state index in [0.717, 1.165) is 25.7 Å². The van der Waals surface area contributed by atoms with Crippen molar-refractivity contribution in [2.45, 2.75) is 49.0 Å². The van der Waals surface area contributed by atoms with Crippen molar-refractivity contribution in [3.8, 4) is 0 Å². The summed E-state index contributed by atoms with van der Waals surface area (Å²) in [5.41, 5.74) is -0.907. The average Bonchev–Trinajstić information content (AvgIpc) is 2.62. The maximum atomic E-state index is 12.2. The number of hydrogen-bond acceptors (Lipinski definition) is 3. The van der Waals surface area contributed by atoms with Crippen LogP contribution in [0.1, 0.15) is 38.5 Å². The van der Waals surface area contributed by atoms with Crippen LogP contribution in [0.2, 0.25) is 0 Å². The molecule has 1 aliphatic carbocycles. The second-order valence-electron chi connectivity index (χ2n) is 5.42. The van der Waals surface area contributed by atoms with Gasteiger partial charge < -0.3 is 5.11 Å². The Morgan fingerprint density at radius 2 is 1.85 bits per heavy atom. The van der Waals surface area contributed by atoms with E-state index in [1.54, 1.807) is 24.3 Å². The summed E-state index contributed by atoms with van der Waals surface area (Å²) in [6, 6.07) is 6.56. The molecule has 0 heterocycles. The molecule has 1 fully saturated rings. The van der Waals surface area contributed by atoms with Crippen LogP contribution in [0, 0.1) is 0 Å². The monoisotopic (exact) mass is 361 g/mol. The van der Waals surface area contributed by atoms with E-state index in [1.165, 1.54) is 0 Å². The Morgan fingerprint density at radius 3 is 2.45 bits per heavy atom. The van der Waals surface area contributed by atoms with E-state index < -0.39 is 15.6 Å². The van der Waals surface area contributed by atoms with E-state index in [9.17, 15) is 13.5 Å². The van der Waals surface area contributed by atoms with Gasteiger partial charge in [-0.25, -0.2) is 13.1 Å². The molecule has 1 saturated carbocycles. The van der Waals surface area contributed by atoms with Gasteiger partial charge in [-0.3, -0.25) is 0 Å². The number of rotatable bonds is 4. The van der Waals surface area contributed by atoms with Crippen molar-refractivity contribution < 1.29 is 13.5 Å². The van der Waals surface area contributed by atoms with E-state index >= 15 is 0 Å². The predicted octanol–water partition coefficient (Wildman–Crippen LogP) is 2.81. The quantitative estimate of drug-likeness (QED) is 0.810. The van der Waals surface area contributed by atoms with Gasteiger partial charge in [0, 0.05) is 11.0 Å². The second-order valence-corrected chi connectivity index (χ2v) is 8.10. The molecule has 0 amide bonds. The summed E-state index contributed by atoms with van der Waals surface area (Å²) >= 11 is 3.26. The molecular formula is C14H20BrNO3S. The minimum absolute atomic E-state index is 0.0852. The van der Waals surface area contributed by atoms with Gasteiger partial charge in [-0.15, -0.1) is 0 Å². The Morgan fingerprint density at radius 1 is 1.20 bits per heavy atom. The number of hydrogen-bond donors (Lipinski definition) is 2. The van der Waals surface area contributed by atoms with Gasteiger partial charge in [0.25, 0.3) is 0 Å². The highest BCUT2D eigenvalue weighted by molar-refractivity contribution is 9.10. The van der Waals surface area contributed by atoms with E-state index in [2.05, 4.69) is 20.7 Å². The largest absolute Gasteiger partial charge is 0.389 e. The average molecular weight is 362 g/mol. The minimum atomic E-state index is -3.57. The fourth-order valence-electron chi connectivity index (χ4n) is 2.51. The Labute approximate surface area is 128 Å². The number of sulfonamides is 1. The fourth-order valence-corrected chi connectivity index (χ4v) is 4.23. The van der Waals surface area contributed by atoms with E-state index in [4.69, 9.17) is 0 Å². The number of halogens is 1. The predicted molar refractivity (Wildman–Crippen MR) is 82.0 cm³/mol. The number of aliphatic hydroxyl groups is 1. The van der Waals surface area contributed by atoms with Gasteiger partial charge in [0.05, 0.1) is 10.5 Å². The lowest BCUT2D eigenvalue weighted by Crippen LogP contribution is -2.42. The van der Waals surface area contributed by atoms with E-state index in [-0.39, 0.29) is 11.4 Å². The Bertz CT molecular complexity index is 551. The molecule has 0 bridgehead atoms. The van der Waals surface area contributed by atoms with Crippen LogP contribution in [0.25, 0.3) is 0 Å². The zero-order chi connectivity index (χ0) is 14.6. The molecule has 0 atom stereocenters. The van der Waals surface area contributed by atoms with Crippen LogP contribution in [0.3, 0.4) is 0 Å². The first-order valence-electron chi connectivity index (χ1n) is 6.89. The molecular weight excluding hydrogens is 342 g/mol. The number of benzene rings is 1. The van der Waals surface area contributed by atoms with E-state index in [0.29, 0.717) is 17.3 Å². The van der Waals surface area contributed by atoms with Crippen LogP contribution >= 0.6 is 15.9 Å². The lowest BCUT2D eigenvalue weighted by atomic mass is 9.95. The van der Waals surface area contributed by atoms with Crippen molar-refractivity contribution >= 4 is 26.0 Å². The molecule has 4 nitrogen and oxygen atoms in total. The van der Waals surface area contributed by atoms with Gasteiger partial charge in [-0.2, -0.15) is 0 Å². The molecule has 0 aliphatic heterocycles. The van der Waals surface area contributed by atoms with Crippen molar-refractivity contribution in [1.82, 2.24) is 4.72 Å². The van der Waals surface area contributed by atoms with Crippen LogP contribution in [-0.2, 0) is 10.0 Å². The Kier molecular flexibility index (Phi) is 5.23. The fraction of sp³-hybridized carbons (Fsp3) is 0.571. The maximum absolute atomic E-state index is 12.2. The molecule has 0 aromatic heterocycles. The van der Waals surface area contributed by atoms with Crippen LogP contribution in [0.5, 0.6) is 0 Å². The second kappa shape index (κ2) is 6.56. The topological polar surface area (TPSA) is 66.4 Å². The first kappa shape index (κ1) is 15.9. The summed E-state index contributed by atoms with van der Waals surface area (Å²) in [6.07, 6.45) is 5.45. The lowest BCUT2D eigenvalue weighted by molar-refractivity contribution is 0.0303. The molecule has 0 radical (unpaired) electrons.